The Morgan fingerprint density at radius 1 is 1.07 bits per heavy atom. The zero-order valence-electron chi connectivity index (χ0n) is 14.7. The number of nitro benzene ring substituents is 1. The Hall–Kier alpha value is -3.98. The summed E-state index contributed by atoms with van der Waals surface area (Å²) < 4.78 is 19.5. The van der Waals surface area contributed by atoms with Crippen LogP contribution in [0.3, 0.4) is 0 Å². The van der Waals surface area contributed by atoms with Crippen LogP contribution in [-0.4, -0.2) is 4.92 Å². The Kier molecular flexibility index (Phi) is 5.78. The molecule has 3 rings (SSSR count). The number of benzene rings is 3. The van der Waals surface area contributed by atoms with Crippen molar-refractivity contribution in [1.82, 2.24) is 0 Å². The molecule has 0 unspecified atom stereocenters. The number of non-ortho nitro benzene ring substituents is 1. The highest BCUT2D eigenvalue weighted by molar-refractivity contribution is 5.89. The average molecular weight is 374 g/mol. The Morgan fingerprint density at radius 2 is 1.75 bits per heavy atom. The first kappa shape index (κ1) is 18.8. The summed E-state index contributed by atoms with van der Waals surface area (Å²) in [4.78, 5) is 10.2. The normalized spacial score (nSPS) is 10.9. The fourth-order valence-corrected chi connectivity index (χ4v) is 2.56. The van der Waals surface area contributed by atoms with Gasteiger partial charge < -0.3 is 4.74 Å². The molecule has 3 aromatic carbocycles. The molecule has 28 heavy (non-hydrogen) atoms. The largest absolute Gasteiger partial charge is 0.489 e. The molecule has 0 saturated heterocycles. The summed E-state index contributed by atoms with van der Waals surface area (Å²) in [7, 11) is 0. The quantitative estimate of drug-likeness (QED) is 0.251. The van der Waals surface area contributed by atoms with Crippen LogP contribution >= 0.6 is 0 Å². The minimum Gasteiger partial charge on any atom is -0.489 e. The van der Waals surface area contributed by atoms with Crippen LogP contribution in [0.25, 0.3) is 11.6 Å². The fraction of sp³-hybridized carbons (Fsp3) is 0.0455. The highest BCUT2D eigenvalue weighted by Crippen LogP contribution is 2.22. The third-order valence-electron chi connectivity index (χ3n) is 4.03. The van der Waals surface area contributed by atoms with Crippen molar-refractivity contribution in [2.24, 2.45) is 0 Å². The average Bonchev–Trinajstić information content (AvgIpc) is 2.72. The van der Waals surface area contributed by atoms with Crippen molar-refractivity contribution in [3.63, 3.8) is 0 Å². The molecular formula is C22H15FN2O3. The van der Waals surface area contributed by atoms with Gasteiger partial charge in [-0.1, -0.05) is 30.3 Å². The van der Waals surface area contributed by atoms with Gasteiger partial charge in [-0.15, -0.1) is 0 Å². The predicted molar refractivity (Wildman–Crippen MR) is 104 cm³/mol. The van der Waals surface area contributed by atoms with Crippen LogP contribution in [-0.2, 0) is 6.61 Å². The van der Waals surface area contributed by atoms with E-state index < -0.39 is 10.7 Å². The summed E-state index contributed by atoms with van der Waals surface area (Å²) in [6.45, 7) is 0.270. The van der Waals surface area contributed by atoms with E-state index in [1.54, 1.807) is 60.7 Å². The number of hydrogen-bond donors (Lipinski definition) is 0. The highest BCUT2D eigenvalue weighted by atomic mass is 19.1. The maximum atomic E-state index is 13.9. The van der Waals surface area contributed by atoms with E-state index in [9.17, 15) is 19.8 Å². The van der Waals surface area contributed by atoms with Crippen LogP contribution < -0.4 is 4.74 Å². The van der Waals surface area contributed by atoms with Gasteiger partial charge in [0, 0.05) is 17.7 Å². The first-order chi connectivity index (χ1) is 13.6. The fourth-order valence-electron chi connectivity index (χ4n) is 2.56. The number of ether oxygens (including phenoxy) is 1. The standard InChI is InChI=1S/C22H15FN2O3/c23-22-4-2-1-3-21(22)18(14-24)13-16-7-11-20(12-8-16)28-15-17-5-9-19(10-6-17)25(26)27/h1-13H,15H2. The van der Waals surface area contributed by atoms with E-state index in [1.807, 2.05) is 6.07 Å². The van der Waals surface area contributed by atoms with E-state index in [1.165, 1.54) is 18.2 Å². The molecule has 6 heteroatoms. The van der Waals surface area contributed by atoms with E-state index in [0.29, 0.717) is 5.75 Å². The van der Waals surface area contributed by atoms with E-state index in [4.69, 9.17) is 4.74 Å². The summed E-state index contributed by atoms with van der Waals surface area (Å²) in [6, 6.07) is 21.3. The molecule has 0 fully saturated rings. The zero-order chi connectivity index (χ0) is 19.9. The van der Waals surface area contributed by atoms with Gasteiger partial charge in [0.25, 0.3) is 5.69 Å². The van der Waals surface area contributed by atoms with Crippen LogP contribution in [0.5, 0.6) is 5.75 Å². The number of nitro groups is 1. The Balaban J connectivity index is 1.68. The van der Waals surface area contributed by atoms with Gasteiger partial charge in [-0.05, 0) is 47.5 Å². The zero-order valence-corrected chi connectivity index (χ0v) is 14.7. The van der Waals surface area contributed by atoms with Gasteiger partial charge in [0.1, 0.15) is 18.2 Å². The maximum Gasteiger partial charge on any atom is 0.269 e. The Labute approximate surface area is 161 Å². The molecule has 3 aromatic rings. The van der Waals surface area contributed by atoms with Crippen LogP contribution in [0.2, 0.25) is 0 Å². The summed E-state index contributed by atoms with van der Waals surface area (Å²) in [6.07, 6.45) is 1.61. The third kappa shape index (κ3) is 4.59. The lowest BCUT2D eigenvalue weighted by Crippen LogP contribution is -1.96. The lowest BCUT2D eigenvalue weighted by atomic mass is 10.0. The molecule has 0 aliphatic rings. The van der Waals surface area contributed by atoms with Crippen LogP contribution in [0.4, 0.5) is 10.1 Å². The molecule has 138 valence electrons. The van der Waals surface area contributed by atoms with E-state index in [-0.39, 0.29) is 23.4 Å². The summed E-state index contributed by atoms with van der Waals surface area (Å²) in [5.74, 6) is 0.165. The lowest BCUT2D eigenvalue weighted by molar-refractivity contribution is -0.384. The molecule has 0 saturated carbocycles. The first-order valence-electron chi connectivity index (χ1n) is 8.40. The highest BCUT2D eigenvalue weighted by Gasteiger charge is 2.07. The van der Waals surface area contributed by atoms with Gasteiger partial charge in [0.05, 0.1) is 16.6 Å². The van der Waals surface area contributed by atoms with Gasteiger partial charge in [0.15, 0.2) is 0 Å². The summed E-state index contributed by atoms with van der Waals surface area (Å²) in [5, 5.41) is 20.0. The third-order valence-corrected chi connectivity index (χ3v) is 4.03. The molecule has 0 bridgehead atoms. The monoisotopic (exact) mass is 374 g/mol. The van der Waals surface area contributed by atoms with Crippen molar-refractivity contribution in [3.05, 3.63) is 105 Å². The number of allylic oxidation sites excluding steroid dienone is 1. The molecule has 0 N–H and O–H groups in total. The minimum absolute atomic E-state index is 0.0306. The van der Waals surface area contributed by atoms with Crippen molar-refractivity contribution < 1.29 is 14.1 Å². The predicted octanol–water partition coefficient (Wildman–Crippen LogP) is 5.38. The molecule has 0 aliphatic heterocycles. The lowest BCUT2D eigenvalue weighted by Gasteiger charge is -2.07. The van der Waals surface area contributed by atoms with Crippen molar-refractivity contribution >= 4 is 17.3 Å². The Morgan fingerprint density at radius 3 is 2.36 bits per heavy atom. The van der Waals surface area contributed by atoms with Crippen molar-refractivity contribution in [2.75, 3.05) is 0 Å². The van der Waals surface area contributed by atoms with Crippen molar-refractivity contribution in [1.29, 1.82) is 5.26 Å². The summed E-state index contributed by atoms with van der Waals surface area (Å²) in [5.41, 5.74) is 2.06. The van der Waals surface area contributed by atoms with E-state index in [0.717, 1.165) is 11.1 Å². The van der Waals surface area contributed by atoms with E-state index in [2.05, 4.69) is 0 Å². The second-order valence-corrected chi connectivity index (χ2v) is 5.93. The molecule has 0 amide bonds. The molecule has 0 spiro atoms. The number of nitriles is 1. The SMILES string of the molecule is N#CC(=Cc1ccc(OCc2ccc([N+](=O)[O-])cc2)cc1)c1ccccc1F. The van der Waals surface area contributed by atoms with Crippen LogP contribution in [0, 0.1) is 27.3 Å². The molecule has 5 nitrogen and oxygen atoms in total. The van der Waals surface area contributed by atoms with Gasteiger partial charge in [0.2, 0.25) is 0 Å². The minimum atomic E-state index is -0.451. The maximum absolute atomic E-state index is 13.9. The molecule has 0 aliphatic carbocycles. The molecule has 0 heterocycles. The number of halogens is 1. The Bertz CT molecular complexity index is 1050. The van der Waals surface area contributed by atoms with Crippen LogP contribution in [0.1, 0.15) is 16.7 Å². The van der Waals surface area contributed by atoms with Gasteiger partial charge in [-0.25, -0.2) is 4.39 Å². The second-order valence-electron chi connectivity index (χ2n) is 5.93. The molecule has 0 atom stereocenters. The molecule has 0 aromatic heterocycles. The van der Waals surface area contributed by atoms with Crippen molar-refractivity contribution in [3.8, 4) is 11.8 Å². The molecular weight excluding hydrogens is 359 g/mol. The number of hydrogen-bond acceptors (Lipinski definition) is 4. The van der Waals surface area contributed by atoms with Gasteiger partial charge in [-0.2, -0.15) is 5.26 Å². The van der Waals surface area contributed by atoms with Crippen molar-refractivity contribution in [2.45, 2.75) is 6.61 Å². The topological polar surface area (TPSA) is 76.2 Å². The smallest absolute Gasteiger partial charge is 0.269 e. The summed E-state index contributed by atoms with van der Waals surface area (Å²) >= 11 is 0. The van der Waals surface area contributed by atoms with E-state index >= 15 is 0 Å². The first-order valence-corrected chi connectivity index (χ1v) is 8.40. The van der Waals surface area contributed by atoms with Gasteiger partial charge in [-0.3, -0.25) is 10.1 Å². The number of rotatable bonds is 6. The molecule has 0 radical (unpaired) electrons. The second kappa shape index (κ2) is 8.60. The van der Waals surface area contributed by atoms with Crippen LogP contribution in [0.15, 0.2) is 72.8 Å². The van der Waals surface area contributed by atoms with Gasteiger partial charge >= 0.3 is 0 Å². The number of nitrogens with zero attached hydrogens (tertiary/aromatic N) is 2.